The Morgan fingerprint density at radius 2 is 2.00 bits per heavy atom. The highest BCUT2D eigenvalue weighted by Gasteiger charge is 2.14. The molecule has 2 heterocycles. The first kappa shape index (κ1) is 12.0. The Morgan fingerprint density at radius 3 is 2.74 bits per heavy atom. The van der Waals surface area contributed by atoms with Crippen LogP contribution in [0.15, 0.2) is 17.5 Å². The molecule has 0 saturated heterocycles. The first-order valence-corrected chi connectivity index (χ1v) is 6.73. The second-order valence-electron chi connectivity index (χ2n) is 4.43. The van der Waals surface area contributed by atoms with Crippen LogP contribution in [0, 0.1) is 13.8 Å². The van der Waals surface area contributed by atoms with Crippen molar-refractivity contribution in [3.05, 3.63) is 28.6 Å². The normalized spacial score (nSPS) is 11.1. The first-order chi connectivity index (χ1) is 9.11. The van der Waals surface area contributed by atoms with Gasteiger partial charge in [0.2, 0.25) is 10.9 Å². The number of aryl methyl sites for hydroxylation is 2. The average Bonchev–Trinajstić information content (AvgIpc) is 2.95. The van der Waals surface area contributed by atoms with Crippen LogP contribution in [0.3, 0.4) is 0 Å². The van der Waals surface area contributed by atoms with Crippen molar-refractivity contribution in [2.75, 3.05) is 12.8 Å². The predicted molar refractivity (Wildman–Crippen MR) is 76.7 cm³/mol. The summed E-state index contributed by atoms with van der Waals surface area (Å²) in [6.45, 7) is 4.09. The highest BCUT2D eigenvalue weighted by atomic mass is 32.1. The molecule has 2 aromatic heterocycles. The van der Waals surface area contributed by atoms with E-state index >= 15 is 0 Å². The molecule has 0 radical (unpaired) electrons. The van der Waals surface area contributed by atoms with Crippen LogP contribution < -0.4 is 10.5 Å². The van der Waals surface area contributed by atoms with Gasteiger partial charge in [-0.1, -0.05) is 0 Å². The van der Waals surface area contributed by atoms with E-state index < -0.39 is 0 Å². The monoisotopic (exact) mass is 274 g/mol. The molecule has 3 rings (SSSR count). The van der Waals surface area contributed by atoms with Crippen LogP contribution in [0.25, 0.3) is 16.2 Å². The molecule has 0 aliphatic rings. The van der Waals surface area contributed by atoms with Crippen LogP contribution in [0.1, 0.15) is 11.1 Å². The molecule has 0 spiro atoms. The molecule has 0 unspecified atom stereocenters. The lowest BCUT2D eigenvalue weighted by molar-refractivity contribution is 0.411. The Kier molecular flexibility index (Phi) is 2.67. The van der Waals surface area contributed by atoms with Crippen LogP contribution in [0.4, 0.5) is 5.95 Å². The third kappa shape index (κ3) is 1.76. The summed E-state index contributed by atoms with van der Waals surface area (Å²) in [5.74, 6) is 1.31. The van der Waals surface area contributed by atoms with Gasteiger partial charge in [0.05, 0.1) is 12.8 Å². The summed E-state index contributed by atoms with van der Waals surface area (Å²) in [5, 5.41) is 9.99. The molecule has 5 nitrogen and oxygen atoms in total. The largest absolute Gasteiger partial charge is 0.496 e. The lowest BCUT2D eigenvalue weighted by Crippen LogP contribution is -1.97. The Hall–Kier alpha value is -2.08. The van der Waals surface area contributed by atoms with E-state index in [2.05, 4.69) is 28.6 Å². The van der Waals surface area contributed by atoms with Crippen molar-refractivity contribution in [3.63, 3.8) is 0 Å². The van der Waals surface area contributed by atoms with Crippen molar-refractivity contribution in [2.45, 2.75) is 13.8 Å². The molecule has 98 valence electrons. The van der Waals surface area contributed by atoms with Gasteiger partial charge in [-0.3, -0.25) is 4.40 Å². The summed E-state index contributed by atoms with van der Waals surface area (Å²) in [5.41, 5.74) is 10.2. The Labute approximate surface area is 114 Å². The second kappa shape index (κ2) is 4.24. The maximum absolute atomic E-state index is 5.87. The minimum atomic E-state index is 0.416. The minimum absolute atomic E-state index is 0.416. The maximum Gasteiger partial charge on any atom is 0.227 e. The fourth-order valence-electron chi connectivity index (χ4n) is 2.21. The molecular formula is C13H14N4OS. The number of nitrogen functional groups attached to an aromatic ring is 1. The number of ether oxygens (including phenoxy) is 1. The number of nitrogens with zero attached hydrogens (tertiary/aromatic N) is 3. The topological polar surface area (TPSA) is 65.4 Å². The van der Waals surface area contributed by atoms with E-state index in [0.29, 0.717) is 5.95 Å². The number of nitrogens with two attached hydrogens (primary N) is 1. The van der Waals surface area contributed by atoms with Gasteiger partial charge in [-0.2, -0.15) is 0 Å². The highest BCUT2D eigenvalue weighted by molar-refractivity contribution is 7.15. The molecule has 0 atom stereocenters. The van der Waals surface area contributed by atoms with Crippen LogP contribution in [0.5, 0.6) is 5.75 Å². The third-order valence-electron chi connectivity index (χ3n) is 3.19. The average molecular weight is 274 g/mol. The number of benzene rings is 1. The molecule has 0 bridgehead atoms. The zero-order valence-corrected chi connectivity index (χ0v) is 11.8. The summed E-state index contributed by atoms with van der Waals surface area (Å²) >= 11 is 1.53. The fourth-order valence-corrected chi connectivity index (χ4v) is 3.05. The number of methoxy groups -OCH3 is 1. The van der Waals surface area contributed by atoms with Crippen molar-refractivity contribution < 1.29 is 4.74 Å². The molecule has 0 aliphatic carbocycles. The van der Waals surface area contributed by atoms with Gasteiger partial charge in [0, 0.05) is 10.9 Å². The molecule has 0 aliphatic heterocycles. The second-order valence-corrected chi connectivity index (χ2v) is 5.27. The third-order valence-corrected chi connectivity index (χ3v) is 4.01. The van der Waals surface area contributed by atoms with Crippen molar-refractivity contribution in [1.82, 2.24) is 14.6 Å². The van der Waals surface area contributed by atoms with Gasteiger partial charge < -0.3 is 10.5 Å². The number of fused-ring (bicyclic) bond motifs is 1. The lowest BCUT2D eigenvalue weighted by Gasteiger charge is -2.11. The van der Waals surface area contributed by atoms with Gasteiger partial charge >= 0.3 is 0 Å². The maximum atomic E-state index is 5.87. The quantitative estimate of drug-likeness (QED) is 0.780. The zero-order valence-electron chi connectivity index (χ0n) is 11.0. The number of aromatic nitrogens is 3. The minimum Gasteiger partial charge on any atom is -0.496 e. The first-order valence-electron chi connectivity index (χ1n) is 5.85. The molecule has 19 heavy (non-hydrogen) atoms. The Bertz CT molecular complexity index is 759. The van der Waals surface area contributed by atoms with E-state index in [-0.39, 0.29) is 0 Å². The summed E-state index contributed by atoms with van der Waals surface area (Å²) in [7, 11) is 1.68. The molecule has 0 amide bonds. The van der Waals surface area contributed by atoms with Gasteiger partial charge in [-0.15, -0.1) is 21.5 Å². The van der Waals surface area contributed by atoms with E-state index in [9.17, 15) is 0 Å². The number of rotatable bonds is 2. The standard InChI is InChI=1S/C13H14N4OS/c1-7-5-11(18-3)8(2)4-9(7)10-6-19-13-16-15-12(14)17(10)13/h4-6H,1-3H3,(H2,14,15). The number of thiazole rings is 1. The molecular weight excluding hydrogens is 260 g/mol. The van der Waals surface area contributed by atoms with Crippen molar-refractivity contribution in [3.8, 4) is 17.0 Å². The van der Waals surface area contributed by atoms with E-state index in [1.807, 2.05) is 17.4 Å². The Balaban J connectivity index is 2.27. The van der Waals surface area contributed by atoms with Crippen LogP contribution in [-0.2, 0) is 0 Å². The van der Waals surface area contributed by atoms with Crippen LogP contribution in [0.2, 0.25) is 0 Å². The van der Waals surface area contributed by atoms with Crippen molar-refractivity contribution >= 4 is 22.2 Å². The number of hydrogen-bond donors (Lipinski definition) is 1. The van der Waals surface area contributed by atoms with E-state index in [4.69, 9.17) is 10.5 Å². The number of hydrogen-bond acceptors (Lipinski definition) is 5. The fraction of sp³-hybridized carbons (Fsp3) is 0.231. The molecule has 2 N–H and O–H groups in total. The summed E-state index contributed by atoms with van der Waals surface area (Å²) in [4.78, 5) is 0.806. The van der Waals surface area contributed by atoms with Crippen molar-refractivity contribution in [1.29, 1.82) is 0 Å². The molecule has 3 aromatic rings. The number of anilines is 1. The predicted octanol–water partition coefficient (Wildman–Crippen LogP) is 2.67. The molecule has 0 fully saturated rings. The molecule has 6 heteroatoms. The van der Waals surface area contributed by atoms with Crippen LogP contribution >= 0.6 is 11.3 Å². The highest BCUT2D eigenvalue weighted by Crippen LogP contribution is 2.33. The SMILES string of the molecule is COc1cc(C)c(-c2csc3nnc(N)n23)cc1C. The van der Waals surface area contributed by atoms with E-state index in [1.54, 1.807) is 7.11 Å². The molecule has 1 aromatic carbocycles. The zero-order chi connectivity index (χ0) is 13.6. The summed E-state index contributed by atoms with van der Waals surface area (Å²) < 4.78 is 7.21. The molecule has 0 saturated carbocycles. The van der Waals surface area contributed by atoms with E-state index in [0.717, 1.165) is 33.1 Å². The summed E-state index contributed by atoms with van der Waals surface area (Å²) in [6.07, 6.45) is 0. The van der Waals surface area contributed by atoms with E-state index in [1.165, 1.54) is 11.3 Å². The lowest BCUT2D eigenvalue weighted by atomic mass is 10.0. The van der Waals surface area contributed by atoms with Gasteiger partial charge in [0.1, 0.15) is 5.75 Å². The smallest absolute Gasteiger partial charge is 0.227 e. The van der Waals surface area contributed by atoms with Crippen molar-refractivity contribution in [2.24, 2.45) is 0 Å². The van der Waals surface area contributed by atoms with Gasteiger partial charge in [-0.25, -0.2) is 0 Å². The van der Waals surface area contributed by atoms with Gasteiger partial charge in [-0.05, 0) is 37.1 Å². The Morgan fingerprint density at radius 1 is 1.21 bits per heavy atom. The summed E-state index contributed by atoms with van der Waals surface area (Å²) in [6, 6.07) is 4.14. The van der Waals surface area contributed by atoms with Crippen LogP contribution in [-0.4, -0.2) is 21.7 Å². The van der Waals surface area contributed by atoms with Gasteiger partial charge in [0.15, 0.2) is 0 Å². The van der Waals surface area contributed by atoms with Gasteiger partial charge in [0.25, 0.3) is 0 Å².